The van der Waals surface area contributed by atoms with E-state index in [1.807, 2.05) is 72.8 Å². The molecule has 2 aliphatic rings. The summed E-state index contributed by atoms with van der Waals surface area (Å²) in [4.78, 5) is 65.0. The minimum absolute atomic E-state index is 0.0693. The molecule has 2 fully saturated rings. The molecule has 45 heavy (non-hydrogen) atoms. The average molecular weight is 612 g/mol. The summed E-state index contributed by atoms with van der Waals surface area (Å²) in [5, 5.41) is 10.6. The van der Waals surface area contributed by atoms with Crippen molar-refractivity contribution in [3.8, 4) is 0 Å². The lowest BCUT2D eigenvalue weighted by molar-refractivity contribution is -0.134. The van der Waals surface area contributed by atoms with Crippen LogP contribution < -0.4 is 16.0 Å². The highest BCUT2D eigenvalue weighted by Gasteiger charge is 2.33. The molecule has 3 N–H and O–H groups in total. The van der Waals surface area contributed by atoms with Gasteiger partial charge in [-0.3, -0.25) is 19.2 Å². The number of hydrogen-bond acceptors (Lipinski definition) is 6. The van der Waals surface area contributed by atoms with Gasteiger partial charge in [-0.1, -0.05) is 79.2 Å². The number of hydrogen-bond donors (Lipinski definition) is 3. The van der Waals surface area contributed by atoms with Crippen molar-refractivity contribution >= 4 is 40.6 Å². The summed E-state index contributed by atoms with van der Waals surface area (Å²) >= 11 is 0. The lowest BCUT2D eigenvalue weighted by Gasteiger charge is -2.31. The van der Waals surface area contributed by atoms with Crippen molar-refractivity contribution in [2.45, 2.75) is 69.5 Å². The largest absolute Gasteiger partial charge is 0.381 e. The van der Waals surface area contributed by atoms with Crippen LogP contribution in [0.5, 0.6) is 0 Å². The van der Waals surface area contributed by atoms with Gasteiger partial charge in [-0.25, -0.2) is 0 Å². The van der Waals surface area contributed by atoms with Crippen LogP contribution in [0.3, 0.4) is 0 Å². The van der Waals surface area contributed by atoms with Gasteiger partial charge in [0.25, 0.3) is 0 Å². The van der Waals surface area contributed by atoms with E-state index >= 15 is 0 Å². The van der Waals surface area contributed by atoms with Crippen molar-refractivity contribution in [3.05, 3.63) is 83.9 Å². The molecule has 0 aromatic heterocycles. The molecule has 4 atom stereocenters. The van der Waals surface area contributed by atoms with E-state index in [9.17, 15) is 24.0 Å². The maximum Gasteiger partial charge on any atom is 0.243 e. The van der Waals surface area contributed by atoms with Gasteiger partial charge in [0.2, 0.25) is 17.7 Å². The maximum absolute atomic E-state index is 13.9. The first-order valence-electron chi connectivity index (χ1n) is 15.9. The monoisotopic (exact) mass is 611 g/mol. The molecule has 1 aliphatic carbocycles. The van der Waals surface area contributed by atoms with Crippen LogP contribution in [0.2, 0.25) is 0 Å². The Labute approximate surface area is 263 Å². The standard InChI is InChI=1S/C36H41N3O6/c40-21-29(19-28-12-5-7-16-33(28)41)37-35(43)31(17-25-22-45-23-25)39-36(44)32(38-34(42)18-24-9-2-1-3-10-24)20-27-14-8-13-26-11-4-6-15-30(26)27/h1-4,6,8-11,13-15,21,25,28-29,31-32H,5,7,12,16-20,22-23H2,(H,37,43)(H,38,42)(H,39,44)/t28-,29-,31-,32-/m0/s1. The van der Waals surface area contributed by atoms with Gasteiger partial charge in [-0.2, -0.15) is 0 Å². The summed E-state index contributed by atoms with van der Waals surface area (Å²) in [6.45, 7) is 0.946. The zero-order valence-electron chi connectivity index (χ0n) is 25.4. The van der Waals surface area contributed by atoms with E-state index in [1.165, 1.54) is 0 Å². The van der Waals surface area contributed by atoms with Crippen molar-refractivity contribution in [1.82, 2.24) is 16.0 Å². The third-order valence-electron chi connectivity index (χ3n) is 8.78. The summed E-state index contributed by atoms with van der Waals surface area (Å²) in [6.07, 6.45) is 4.54. The second-order valence-corrected chi connectivity index (χ2v) is 12.2. The van der Waals surface area contributed by atoms with Crippen LogP contribution in [-0.4, -0.2) is 61.1 Å². The highest BCUT2D eigenvalue weighted by atomic mass is 16.5. The van der Waals surface area contributed by atoms with Crippen LogP contribution in [0.25, 0.3) is 10.8 Å². The topological polar surface area (TPSA) is 131 Å². The Morgan fingerprint density at radius 1 is 0.822 bits per heavy atom. The molecule has 3 aromatic rings. The minimum Gasteiger partial charge on any atom is -0.381 e. The molecule has 5 rings (SSSR count). The third-order valence-corrected chi connectivity index (χ3v) is 8.78. The second kappa shape index (κ2) is 15.6. The van der Waals surface area contributed by atoms with Gasteiger partial charge in [0.05, 0.1) is 25.7 Å². The molecule has 1 saturated carbocycles. The molecule has 0 bridgehead atoms. The third kappa shape index (κ3) is 8.85. The van der Waals surface area contributed by atoms with Gasteiger partial charge in [0, 0.05) is 24.7 Å². The van der Waals surface area contributed by atoms with Crippen LogP contribution in [0, 0.1) is 11.8 Å². The Hall–Kier alpha value is -4.37. The first kappa shape index (κ1) is 32.0. The number of benzene rings is 3. The smallest absolute Gasteiger partial charge is 0.243 e. The van der Waals surface area contributed by atoms with E-state index in [0.29, 0.717) is 38.8 Å². The van der Waals surface area contributed by atoms with E-state index in [2.05, 4.69) is 16.0 Å². The van der Waals surface area contributed by atoms with Crippen molar-refractivity contribution in [3.63, 3.8) is 0 Å². The number of aldehydes is 1. The quantitative estimate of drug-likeness (QED) is 0.240. The number of fused-ring (bicyclic) bond motifs is 1. The molecule has 9 heteroatoms. The number of Topliss-reactive ketones (excluding diaryl/α,β-unsaturated/α-hetero) is 1. The molecule has 0 radical (unpaired) electrons. The highest BCUT2D eigenvalue weighted by molar-refractivity contribution is 5.94. The summed E-state index contributed by atoms with van der Waals surface area (Å²) < 4.78 is 5.32. The van der Waals surface area contributed by atoms with Crippen LogP contribution in [0.1, 0.15) is 49.7 Å². The van der Waals surface area contributed by atoms with E-state index in [0.717, 1.165) is 34.7 Å². The van der Waals surface area contributed by atoms with E-state index in [-0.39, 0.29) is 42.8 Å². The van der Waals surface area contributed by atoms with Crippen molar-refractivity contribution in [1.29, 1.82) is 0 Å². The lowest BCUT2D eigenvalue weighted by atomic mass is 9.84. The number of nitrogens with one attached hydrogen (secondary N) is 3. The van der Waals surface area contributed by atoms with Crippen LogP contribution >= 0.6 is 0 Å². The number of carbonyl (C=O) groups is 5. The van der Waals surface area contributed by atoms with E-state index in [1.54, 1.807) is 0 Å². The van der Waals surface area contributed by atoms with Gasteiger partial charge in [-0.15, -0.1) is 0 Å². The predicted molar refractivity (Wildman–Crippen MR) is 170 cm³/mol. The Bertz CT molecular complexity index is 1500. The van der Waals surface area contributed by atoms with Crippen LogP contribution in [0.4, 0.5) is 0 Å². The van der Waals surface area contributed by atoms with Gasteiger partial charge >= 0.3 is 0 Å². The highest BCUT2D eigenvalue weighted by Crippen LogP contribution is 2.25. The fourth-order valence-electron chi connectivity index (χ4n) is 6.23. The van der Waals surface area contributed by atoms with E-state index < -0.39 is 29.9 Å². The molecule has 0 unspecified atom stereocenters. The number of amides is 3. The number of ether oxygens (including phenoxy) is 1. The molecule has 236 valence electrons. The van der Waals surface area contributed by atoms with E-state index in [4.69, 9.17) is 4.74 Å². The molecule has 9 nitrogen and oxygen atoms in total. The molecule has 3 amide bonds. The minimum atomic E-state index is -0.957. The maximum atomic E-state index is 13.9. The molecule has 1 heterocycles. The Kier molecular flexibility index (Phi) is 11.1. The first-order chi connectivity index (χ1) is 21.9. The Morgan fingerprint density at radius 3 is 2.29 bits per heavy atom. The number of carbonyl (C=O) groups excluding carboxylic acids is 5. The van der Waals surface area contributed by atoms with Crippen molar-refractivity contribution in [2.75, 3.05) is 13.2 Å². The second-order valence-electron chi connectivity index (χ2n) is 12.2. The molecule has 1 saturated heterocycles. The normalized spacial score (nSPS) is 18.7. The molecule has 0 spiro atoms. The number of rotatable bonds is 14. The van der Waals surface area contributed by atoms with Gasteiger partial charge < -0.3 is 25.5 Å². The van der Waals surface area contributed by atoms with Gasteiger partial charge in [0.1, 0.15) is 24.2 Å². The fraction of sp³-hybridized carbons (Fsp3) is 0.417. The van der Waals surface area contributed by atoms with Crippen molar-refractivity contribution in [2.24, 2.45) is 11.8 Å². The number of ketones is 1. The Morgan fingerprint density at radius 2 is 1.56 bits per heavy atom. The van der Waals surface area contributed by atoms with Gasteiger partial charge in [0.15, 0.2) is 0 Å². The van der Waals surface area contributed by atoms with Crippen LogP contribution in [-0.2, 0) is 41.6 Å². The summed E-state index contributed by atoms with van der Waals surface area (Å²) in [5.74, 6) is -1.36. The summed E-state index contributed by atoms with van der Waals surface area (Å²) in [7, 11) is 0. The molecular weight excluding hydrogens is 570 g/mol. The SMILES string of the molecule is O=C[C@H](C[C@@H]1CCCCC1=O)NC(=O)[C@H](CC1COC1)NC(=O)[C@H](Cc1cccc2ccccc12)NC(=O)Cc1ccccc1. The summed E-state index contributed by atoms with van der Waals surface area (Å²) in [6, 6.07) is 20.2. The molecule has 3 aromatic carbocycles. The molecular formula is C36H41N3O6. The Balaban J connectivity index is 1.33. The lowest BCUT2D eigenvalue weighted by Crippen LogP contribution is -2.57. The zero-order valence-corrected chi connectivity index (χ0v) is 25.4. The van der Waals surface area contributed by atoms with Gasteiger partial charge in [-0.05, 0) is 47.6 Å². The molecule has 1 aliphatic heterocycles. The zero-order chi connectivity index (χ0) is 31.6. The predicted octanol–water partition coefficient (Wildman–Crippen LogP) is 3.46. The first-order valence-corrected chi connectivity index (χ1v) is 15.9. The van der Waals surface area contributed by atoms with Crippen LogP contribution in [0.15, 0.2) is 72.8 Å². The van der Waals surface area contributed by atoms with Crippen molar-refractivity contribution < 1.29 is 28.7 Å². The average Bonchev–Trinajstić information content (AvgIpc) is 3.03. The fourth-order valence-corrected chi connectivity index (χ4v) is 6.23. The summed E-state index contributed by atoms with van der Waals surface area (Å²) in [5.41, 5.74) is 1.71.